The van der Waals surface area contributed by atoms with Crippen LogP contribution in [0.25, 0.3) is 0 Å². The molecule has 0 bridgehead atoms. The Balaban J connectivity index is 3.07. The average Bonchev–Trinajstić information content (AvgIpc) is 2.36. The first-order valence-corrected chi connectivity index (χ1v) is 7.85. The second-order valence-electron chi connectivity index (χ2n) is 5.45. The van der Waals surface area contributed by atoms with Crippen LogP contribution in [0.4, 0.5) is 0 Å². The molecule has 110 valence electrons. The first-order valence-electron chi connectivity index (χ1n) is 7.85. The quantitative estimate of drug-likeness (QED) is 0.435. The van der Waals surface area contributed by atoms with Crippen LogP contribution in [-0.4, -0.2) is 25.9 Å². The molecule has 0 aliphatic rings. The van der Waals surface area contributed by atoms with E-state index in [2.05, 4.69) is 20.8 Å². The Morgan fingerprint density at radius 2 is 1.39 bits per heavy atom. The summed E-state index contributed by atoms with van der Waals surface area (Å²) in [4.78, 5) is 0. The molecule has 0 amide bonds. The van der Waals surface area contributed by atoms with Crippen molar-refractivity contribution in [1.29, 1.82) is 0 Å². The summed E-state index contributed by atoms with van der Waals surface area (Å²) in [5, 5.41) is 0. The van der Waals surface area contributed by atoms with Crippen LogP contribution in [-0.2, 0) is 9.47 Å². The van der Waals surface area contributed by atoms with E-state index >= 15 is 0 Å². The minimum absolute atomic E-state index is 0.386. The molecule has 0 spiro atoms. The van der Waals surface area contributed by atoms with Gasteiger partial charge in [-0.3, -0.25) is 0 Å². The van der Waals surface area contributed by atoms with Crippen molar-refractivity contribution in [3.05, 3.63) is 0 Å². The van der Waals surface area contributed by atoms with Crippen LogP contribution in [0.1, 0.15) is 78.6 Å². The monoisotopic (exact) mass is 258 g/mol. The maximum Gasteiger partial charge on any atom is 0.0568 e. The molecule has 18 heavy (non-hydrogen) atoms. The highest BCUT2D eigenvalue weighted by molar-refractivity contribution is 4.55. The number of methoxy groups -OCH3 is 1. The maximum atomic E-state index is 5.52. The van der Waals surface area contributed by atoms with Crippen LogP contribution in [0.3, 0.4) is 0 Å². The molecule has 1 atom stereocenters. The summed E-state index contributed by atoms with van der Waals surface area (Å²) in [6.07, 6.45) is 12.6. The van der Waals surface area contributed by atoms with Gasteiger partial charge in [-0.05, 0) is 33.1 Å². The summed E-state index contributed by atoms with van der Waals surface area (Å²) in [5.74, 6) is 0. The molecule has 0 aromatic heterocycles. The van der Waals surface area contributed by atoms with Crippen molar-refractivity contribution in [2.75, 3.05) is 13.7 Å². The van der Waals surface area contributed by atoms with Crippen LogP contribution < -0.4 is 0 Å². The second-order valence-corrected chi connectivity index (χ2v) is 5.45. The second kappa shape index (κ2) is 13.4. The highest BCUT2D eigenvalue weighted by Crippen LogP contribution is 2.12. The molecule has 0 radical (unpaired) electrons. The van der Waals surface area contributed by atoms with Gasteiger partial charge in [-0.2, -0.15) is 0 Å². The Morgan fingerprint density at radius 1 is 0.833 bits per heavy atom. The van der Waals surface area contributed by atoms with Gasteiger partial charge in [0, 0.05) is 13.7 Å². The SMILES string of the molecule is CCC(CCCCCCCCCOC(C)C)OC. The van der Waals surface area contributed by atoms with Crippen molar-refractivity contribution < 1.29 is 9.47 Å². The Morgan fingerprint density at radius 3 is 1.89 bits per heavy atom. The highest BCUT2D eigenvalue weighted by Gasteiger charge is 2.02. The standard InChI is InChI=1S/C16H34O2/c1-5-16(17-4)13-11-9-7-6-8-10-12-14-18-15(2)3/h15-16H,5-14H2,1-4H3. The van der Waals surface area contributed by atoms with Crippen LogP contribution in [0.15, 0.2) is 0 Å². The van der Waals surface area contributed by atoms with Gasteiger partial charge in [0.15, 0.2) is 0 Å². The lowest BCUT2D eigenvalue weighted by molar-refractivity contribution is 0.0756. The Kier molecular flexibility index (Phi) is 13.3. The predicted molar refractivity (Wildman–Crippen MR) is 79.1 cm³/mol. The zero-order chi connectivity index (χ0) is 13.6. The predicted octanol–water partition coefficient (Wildman–Crippen LogP) is 4.96. The van der Waals surface area contributed by atoms with Crippen molar-refractivity contribution in [2.24, 2.45) is 0 Å². The molecule has 0 aromatic rings. The van der Waals surface area contributed by atoms with Crippen molar-refractivity contribution in [2.45, 2.75) is 90.8 Å². The van der Waals surface area contributed by atoms with E-state index in [-0.39, 0.29) is 0 Å². The van der Waals surface area contributed by atoms with Crippen LogP contribution in [0.2, 0.25) is 0 Å². The van der Waals surface area contributed by atoms with Gasteiger partial charge in [-0.1, -0.05) is 45.4 Å². The molecule has 0 aromatic carbocycles. The minimum Gasteiger partial charge on any atom is -0.381 e. The van der Waals surface area contributed by atoms with Gasteiger partial charge in [0.05, 0.1) is 12.2 Å². The minimum atomic E-state index is 0.386. The number of rotatable bonds is 13. The molecule has 0 N–H and O–H groups in total. The van der Waals surface area contributed by atoms with Gasteiger partial charge < -0.3 is 9.47 Å². The summed E-state index contributed by atoms with van der Waals surface area (Å²) in [6.45, 7) is 7.34. The van der Waals surface area contributed by atoms with E-state index in [1.807, 2.05) is 7.11 Å². The summed E-state index contributed by atoms with van der Waals surface area (Å²) in [6, 6.07) is 0. The molecular weight excluding hydrogens is 224 g/mol. The fraction of sp³-hybridized carbons (Fsp3) is 1.00. The van der Waals surface area contributed by atoms with Gasteiger partial charge in [0.1, 0.15) is 0 Å². The average molecular weight is 258 g/mol. The van der Waals surface area contributed by atoms with E-state index in [9.17, 15) is 0 Å². The Hall–Kier alpha value is -0.0800. The van der Waals surface area contributed by atoms with Gasteiger partial charge in [-0.25, -0.2) is 0 Å². The molecule has 2 nitrogen and oxygen atoms in total. The summed E-state index contributed by atoms with van der Waals surface area (Å²) >= 11 is 0. The molecule has 0 heterocycles. The van der Waals surface area contributed by atoms with Gasteiger partial charge in [0.25, 0.3) is 0 Å². The molecule has 0 rings (SSSR count). The van der Waals surface area contributed by atoms with Gasteiger partial charge in [-0.15, -0.1) is 0 Å². The first-order chi connectivity index (χ1) is 8.70. The Labute approximate surface area is 114 Å². The molecule has 0 fully saturated rings. The molecule has 1 unspecified atom stereocenters. The topological polar surface area (TPSA) is 18.5 Å². The van der Waals surface area contributed by atoms with E-state index in [0.717, 1.165) is 13.0 Å². The summed E-state index contributed by atoms with van der Waals surface area (Å²) in [5.41, 5.74) is 0. The molecule has 0 aliphatic carbocycles. The fourth-order valence-electron chi connectivity index (χ4n) is 2.17. The summed E-state index contributed by atoms with van der Waals surface area (Å²) in [7, 11) is 1.83. The first kappa shape index (κ1) is 17.9. The zero-order valence-corrected chi connectivity index (χ0v) is 13.0. The lowest BCUT2D eigenvalue weighted by Crippen LogP contribution is -2.08. The molecule has 0 saturated heterocycles. The third kappa shape index (κ3) is 12.4. The molecule has 2 heteroatoms. The van der Waals surface area contributed by atoms with E-state index in [0.29, 0.717) is 12.2 Å². The lowest BCUT2D eigenvalue weighted by atomic mass is 10.1. The number of hydrogen-bond donors (Lipinski definition) is 0. The van der Waals surface area contributed by atoms with E-state index in [1.54, 1.807) is 0 Å². The molecule has 0 saturated carbocycles. The smallest absolute Gasteiger partial charge is 0.0568 e. The van der Waals surface area contributed by atoms with E-state index in [1.165, 1.54) is 51.4 Å². The largest absolute Gasteiger partial charge is 0.381 e. The summed E-state index contributed by atoms with van der Waals surface area (Å²) < 4.78 is 10.9. The lowest BCUT2D eigenvalue weighted by Gasteiger charge is -2.12. The fourth-order valence-corrected chi connectivity index (χ4v) is 2.17. The van der Waals surface area contributed by atoms with Gasteiger partial charge in [0.2, 0.25) is 0 Å². The van der Waals surface area contributed by atoms with Crippen molar-refractivity contribution in [1.82, 2.24) is 0 Å². The van der Waals surface area contributed by atoms with E-state index < -0.39 is 0 Å². The zero-order valence-electron chi connectivity index (χ0n) is 13.0. The van der Waals surface area contributed by atoms with Crippen molar-refractivity contribution >= 4 is 0 Å². The molecule has 0 aliphatic heterocycles. The molecular formula is C16H34O2. The van der Waals surface area contributed by atoms with Crippen LogP contribution >= 0.6 is 0 Å². The third-order valence-electron chi connectivity index (χ3n) is 3.41. The van der Waals surface area contributed by atoms with Gasteiger partial charge >= 0.3 is 0 Å². The van der Waals surface area contributed by atoms with Crippen molar-refractivity contribution in [3.63, 3.8) is 0 Å². The van der Waals surface area contributed by atoms with Crippen LogP contribution in [0.5, 0.6) is 0 Å². The van der Waals surface area contributed by atoms with E-state index in [4.69, 9.17) is 9.47 Å². The normalized spacial score (nSPS) is 13.2. The maximum absolute atomic E-state index is 5.52. The van der Waals surface area contributed by atoms with Crippen LogP contribution in [0, 0.1) is 0 Å². The number of unbranched alkanes of at least 4 members (excludes halogenated alkanes) is 6. The number of ether oxygens (including phenoxy) is 2. The Bertz CT molecular complexity index is 153. The van der Waals surface area contributed by atoms with Crippen molar-refractivity contribution in [3.8, 4) is 0 Å². The highest BCUT2D eigenvalue weighted by atomic mass is 16.5. The number of hydrogen-bond acceptors (Lipinski definition) is 2. The third-order valence-corrected chi connectivity index (χ3v) is 3.41.